The molecule has 7 heteroatoms. The number of anilines is 2. The minimum absolute atomic E-state index is 0.234. The number of nitrogens with zero attached hydrogens (tertiary/aromatic N) is 5. The van der Waals surface area contributed by atoms with Crippen LogP contribution in [0.1, 0.15) is 19.0 Å². The van der Waals surface area contributed by atoms with Crippen molar-refractivity contribution in [3.05, 3.63) is 11.8 Å². The van der Waals surface area contributed by atoms with Crippen LogP contribution in [0.5, 0.6) is 0 Å². The number of hydrogen-bond acceptors (Lipinski definition) is 6. The molecule has 2 saturated heterocycles. The van der Waals surface area contributed by atoms with Gasteiger partial charge in [0.25, 0.3) is 0 Å². The zero-order chi connectivity index (χ0) is 16.2. The molecule has 126 valence electrons. The van der Waals surface area contributed by atoms with Crippen molar-refractivity contribution in [1.82, 2.24) is 14.9 Å². The summed E-state index contributed by atoms with van der Waals surface area (Å²) in [5.41, 5.74) is 0.976. The first-order valence-corrected chi connectivity index (χ1v) is 8.38. The second-order valence-corrected chi connectivity index (χ2v) is 5.99. The van der Waals surface area contributed by atoms with Crippen molar-refractivity contribution < 1.29 is 9.53 Å². The lowest BCUT2D eigenvalue weighted by atomic mass is 10.2. The second-order valence-electron chi connectivity index (χ2n) is 5.99. The van der Waals surface area contributed by atoms with Crippen molar-refractivity contribution in [2.45, 2.75) is 20.3 Å². The number of aryl methyl sites for hydroxylation is 1. The second kappa shape index (κ2) is 7.12. The molecule has 0 saturated carbocycles. The van der Waals surface area contributed by atoms with Crippen molar-refractivity contribution in [3.8, 4) is 0 Å². The maximum atomic E-state index is 11.8. The van der Waals surface area contributed by atoms with E-state index in [9.17, 15) is 4.79 Å². The van der Waals surface area contributed by atoms with E-state index in [0.717, 1.165) is 69.9 Å². The molecule has 1 aromatic heterocycles. The van der Waals surface area contributed by atoms with Gasteiger partial charge in [-0.15, -0.1) is 0 Å². The van der Waals surface area contributed by atoms with Crippen LogP contribution in [0.4, 0.5) is 11.8 Å². The predicted molar refractivity (Wildman–Crippen MR) is 88.9 cm³/mol. The van der Waals surface area contributed by atoms with Gasteiger partial charge in [-0.25, -0.2) is 4.98 Å². The van der Waals surface area contributed by atoms with Crippen LogP contribution in [0.2, 0.25) is 0 Å². The largest absolute Gasteiger partial charge is 0.378 e. The van der Waals surface area contributed by atoms with Crippen molar-refractivity contribution >= 4 is 17.7 Å². The molecule has 0 unspecified atom stereocenters. The third-order valence-corrected chi connectivity index (χ3v) is 4.38. The number of carbonyl (C=O) groups is 1. The Balaban J connectivity index is 1.70. The molecular formula is C16H25N5O2. The standard InChI is InChI=1S/C16H25N5O2/c1-3-15(22)20-6-4-19(5-7-20)14-12-13(2)17-16(18-14)21-8-10-23-11-9-21/h12H,3-11H2,1-2H3. The average molecular weight is 319 g/mol. The van der Waals surface area contributed by atoms with Gasteiger partial charge in [-0.05, 0) is 6.92 Å². The smallest absolute Gasteiger partial charge is 0.227 e. The molecule has 2 fully saturated rings. The van der Waals surface area contributed by atoms with E-state index < -0.39 is 0 Å². The van der Waals surface area contributed by atoms with E-state index in [4.69, 9.17) is 9.72 Å². The Morgan fingerprint density at radius 3 is 2.43 bits per heavy atom. The van der Waals surface area contributed by atoms with E-state index in [-0.39, 0.29) is 5.91 Å². The van der Waals surface area contributed by atoms with Gasteiger partial charge in [0.15, 0.2) is 0 Å². The van der Waals surface area contributed by atoms with Crippen LogP contribution < -0.4 is 9.80 Å². The summed E-state index contributed by atoms with van der Waals surface area (Å²) in [6.45, 7) is 10.2. The van der Waals surface area contributed by atoms with Crippen LogP contribution >= 0.6 is 0 Å². The fourth-order valence-corrected chi connectivity index (χ4v) is 3.01. The number of hydrogen-bond donors (Lipinski definition) is 0. The molecule has 23 heavy (non-hydrogen) atoms. The van der Waals surface area contributed by atoms with E-state index in [1.54, 1.807) is 0 Å². The Bertz CT molecular complexity index is 551. The Labute approximate surface area is 137 Å². The quantitative estimate of drug-likeness (QED) is 0.816. The minimum atomic E-state index is 0.234. The lowest BCUT2D eigenvalue weighted by Crippen LogP contribution is -2.49. The molecule has 0 spiro atoms. The molecule has 0 bridgehead atoms. The summed E-state index contributed by atoms with van der Waals surface area (Å²) in [5, 5.41) is 0. The third-order valence-electron chi connectivity index (χ3n) is 4.38. The van der Waals surface area contributed by atoms with Crippen LogP contribution in [-0.2, 0) is 9.53 Å². The summed E-state index contributed by atoms with van der Waals surface area (Å²) in [7, 11) is 0. The van der Waals surface area contributed by atoms with Gasteiger partial charge >= 0.3 is 0 Å². The molecule has 0 atom stereocenters. The van der Waals surface area contributed by atoms with Gasteiger partial charge in [0.1, 0.15) is 5.82 Å². The summed E-state index contributed by atoms with van der Waals surface area (Å²) in [5.74, 6) is 1.98. The first-order valence-electron chi connectivity index (χ1n) is 8.38. The van der Waals surface area contributed by atoms with Gasteiger partial charge in [-0.2, -0.15) is 4.98 Å². The molecule has 0 aromatic carbocycles. The monoisotopic (exact) mass is 319 g/mol. The normalized spacial score (nSPS) is 19.1. The number of piperazine rings is 1. The maximum Gasteiger partial charge on any atom is 0.227 e. The lowest BCUT2D eigenvalue weighted by Gasteiger charge is -2.36. The summed E-state index contributed by atoms with van der Waals surface area (Å²) in [4.78, 5) is 27.5. The van der Waals surface area contributed by atoms with Crippen LogP contribution in [0.25, 0.3) is 0 Å². The number of morpholine rings is 1. The molecule has 0 radical (unpaired) electrons. The molecule has 0 N–H and O–H groups in total. The number of ether oxygens (including phenoxy) is 1. The van der Waals surface area contributed by atoms with E-state index >= 15 is 0 Å². The molecule has 3 rings (SSSR count). The van der Waals surface area contributed by atoms with Crippen molar-refractivity contribution in [2.24, 2.45) is 0 Å². The van der Waals surface area contributed by atoms with Gasteiger partial charge in [0.05, 0.1) is 13.2 Å². The predicted octanol–water partition coefficient (Wildman–Crippen LogP) is 0.680. The summed E-state index contributed by atoms with van der Waals surface area (Å²) in [6.07, 6.45) is 0.577. The Hall–Kier alpha value is -1.89. The highest BCUT2D eigenvalue weighted by molar-refractivity contribution is 5.76. The molecule has 7 nitrogen and oxygen atoms in total. The van der Waals surface area contributed by atoms with Gasteiger partial charge in [-0.1, -0.05) is 6.92 Å². The zero-order valence-electron chi connectivity index (χ0n) is 14.0. The SMILES string of the molecule is CCC(=O)N1CCN(c2cc(C)nc(N3CCOCC3)n2)CC1. The van der Waals surface area contributed by atoms with Gasteiger partial charge in [-0.3, -0.25) is 4.79 Å². The highest BCUT2D eigenvalue weighted by atomic mass is 16.5. The zero-order valence-corrected chi connectivity index (χ0v) is 14.0. The van der Waals surface area contributed by atoms with E-state index in [2.05, 4.69) is 14.8 Å². The van der Waals surface area contributed by atoms with Crippen LogP contribution in [-0.4, -0.2) is 73.3 Å². The Kier molecular flexibility index (Phi) is 4.95. The van der Waals surface area contributed by atoms with Crippen LogP contribution in [0, 0.1) is 6.92 Å². The average Bonchev–Trinajstić information content (AvgIpc) is 2.61. The number of amides is 1. The topological polar surface area (TPSA) is 61.8 Å². The summed E-state index contributed by atoms with van der Waals surface area (Å²) >= 11 is 0. The molecule has 2 aliphatic rings. The van der Waals surface area contributed by atoms with Gasteiger partial charge in [0, 0.05) is 57.4 Å². The molecule has 3 heterocycles. The van der Waals surface area contributed by atoms with E-state index in [0.29, 0.717) is 6.42 Å². The summed E-state index contributed by atoms with van der Waals surface area (Å²) in [6, 6.07) is 2.03. The van der Waals surface area contributed by atoms with Crippen molar-refractivity contribution in [2.75, 3.05) is 62.3 Å². The first kappa shape index (κ1) is 16.0. The fourth-order valence-electron chi connectivity index (χ4n) is 3.01. The number of rotatable bonds is 3. The van der Waals surface area contributed by atoms with E-state index in [1.807, 2.05) is 24.8 Å². The first-order chi connectivity index (χ1) is 11.2. The number of carbonyl (C=O) groups excluding carboxylic acids is 1. The Morgan fingerprint density at radius 1 is 1.09 bits per heavy atom. The highest BCUT2D eigenvalue weighted by Crippen LogP contribution is 2.20. The summed E-state index contributed by atoms with van der Waals surface area (Å²) < 4.78 is 5.40. The highest BCUT2D eigenvalue weighted by Gasteiger charge is 2.22. The molecule has 2 aliphatic heterocycles. The molecule has 0 aliphatic carbocycles. The molecule has 1 amide bonds. The van der Waals surface area contributed by atoms with Gasteiger partial charge < -0.3 is 19.4 Å². The molecule has 1 aromatic rings. The number of aromatic nitrogens is 2. The van der Waals surface area contributed by atoms with Crippen molar-refractivity contribution in [1.29, 1.82) is 0 Å². The van der Waals surface area contributed by atoms with Crippen molar-refractivity contribution in [3.63, 3.8) is 0 Å². The van der Waals surface area contributed by atoms with Gasteiger partial charge in [0.2, 0.25) is 11.9 Å². The Morgan fingerprint density at radius 2 is 1.78 bits per heavy atom. The maximum absolute atomic E-state index is 11.8. The van der Waals surface area contributed by atoms with E-state index in [1.165, 1.54) is 0 Å². The van der Waals surface area contributed by atoms with Crippen LogP contribution in [0.15, 0.2) is 6.07 Å². The van der Waals surface area contributed by atoms with Crippen LogP contribution in [0.3, 0.4) is 0 Å². The molecular weight excluding hydrogens is 294 g/mol. The fraction of sp³-hybridized carbons (Fsp3) is 0.688. The minimum Gasteiger partial charge on any atom is -0.378 e. The third kappa shape index (κ3) is 3.72. The lowest BCUT2D eigenvalue weighted by molar-refractivity contribution is -0.131.